The van der Waals surface area contributed by atoms with Crippen molar-refractivity contribution >= 4 is 28.5 Å². The lowest BCUT2D eigenvalue weighted by Gasteiger charge is -2.23. The highest BCUT2D eigenvalue weighted by atomic mass is 35.5. The van der Waals surface area contributed by atoms with Gasteiger partial charge in [0.25, 0.3) is 0 Å². The summed E-state index contributed by atoms with van der Waals surface area (Å²) in [6.07, 6.45) is 5.98. The molecule has 1 aliphatic carbocycles. The van der Waals surface area contributed by atoms with Gasteiger partial charge in [0.1, 0.15) is 0 Å². The Morgan fingerprint density at radius 2 is 1.86 bits per heavy atom. The molecule has 0 N–H and O–H groups in total. The number of carbonyl (C=O) groups excluding carboxylic acids is 1. The van der Waals surface area contributed by atoms with Gasteiger partial charge in [0, 0.05) is 28.6 Å². The van der Waals surface area contributed by atoms with Crippen molar-refractivity contribution in [1.82, 2.24) is 4.57 Å². The third-order valence-electron chi connectivity index (χ3n) is 6.47. The van der Waals surface area contributed by atoms with E-state index in [1.54, 1.807) is 7.11 Å². The second-order valence-electron chi connectivity index (χ2n) is 8.01. The summed E-state index contributed by atoms with van der Waals surface area (Å²) in [5.74, 6) is 0.194. The van der Waals surface area contributed by atoms with E-state index in [4.69, 9.17) is 21.1 Å². The first kappa shape index (κ1) is 18.7. The molecule has 2 heterocycles. The molecule has 2 aliphatic rings. The molecule has 29 heavy (non-hydrogen) atoms. The van der Waals surface area contributed by atoms with Crippen LogP contribution in [0.3, 0.4) is 0 Å². The van der Waals surface area contributed by atoms with Crippen LogP contribution in [0.4, 0.5) is 0 Å². The third-order valence-corrected chi connectivity index (χ3v) is 6.71. The molecule has 1 saturated carbocycles. The number of hydrogen-bond acceptors (Lipinski definition) is 3. The topological polar surface area (TPSA) is 40.5 Å². The molecule has 0 bridgehead atoms. The summed E-state index contributed by atoms with van der Waals surface area (Å²) in [5.41, 5.74) is 6.43. The molecule has 5 heteroatoms. The Morgan fingerprint density at radius 3 is 2.59 bits per heavy atom. The molecule has 1 aromatic heterocycles. The second-order valence-corrected chi connectivity index (χ2v) is 8.45. The van der Waals surface area contributed by atoms with E-state index >= 15 is 0 Å². The maximum Gasteiger partial charge on any atom is 0.337 e. The minimum atomic E-state index is -0.325. The Morgan fingerprint density at radius 1 is 1.07 bits per heavy atom. The number of halogens is 1. The fourth-order valence-electron chi connectivity index (χ4n) is 5.23. The quantitative estimate of drug-likeness (QED) is 0.476. The van der Waals surface area contributed by atoms with E-state index < -0.39 is 0 Å². The van der Waals surface area contributed by atoms with Gasteiger partial charge in [0.05, 0.1) is 23.9 Å². The molecule has 0 saturated heterocycles. The van der Waals surface area contributed by atoms with Crippen LogP contribution in [0, 0.1) is 0 Å². The van der Waals surface area contributed by atoms with E-state index in [2.05, 4.69) is 16.7 Å². The van der Waals surface area contributed by atoms with Crippen molar-refractivity contribution in [2.45, 2.75) is 44.2 Å². The van der Waals surface area contributed by atoms with E-state index in [-0.39, 0.29) is 12.2 Å². The van der Waals surface area contributed by atoms with Crippen LogP contribution in [0.1, 0.15) is 65.7 Å². The van der Waals surface area contributed by atoms with Gasteiger partial charge in [-0.3, -0.25) is 0 Å². The number of nitrogens with zero attached hydrogens (tertiary/aromatic N) is 1. The van der Waals surface area contributed by atoms with Gasteiger partial charge < -0.3 is 14.0 Å². The molecule has 5 rings (SSSR count). The summed E-state index contributed by atoms with van der Waals surface area (Å²) in [5, 5.41) is 1.91. The number of esters is 1. The maximum absolute atomic E-state index is 12.2. The van der Waals surface area contributed by atoms with Crippen molar-refractivity contribution in [2.24, 2.45) is 0 Å². The molecule has 3 aromatic rings. The molecule has 1 atom stereocenters. The molecule has 1 fully saturated rings. The van der Waals surface area contributed by atoms with Crippen LogP contribution in [0.25, 0.3) is 22.2 Å². The van der Waals surface area contributed by atoms with Crippen molar-refractivity contribution in [2.75, 3.05) is 14.2 Å². The molecule has 4 nitrogen and oxygen atoms in total. The Hall–Kier alpha value is -2.30. The van der Waals surface area contributed by atoms with Gasteiger partial charge in [-0.05, 0) is 48.6 Å². The molecular weight excluding hydrogens is 386 g/mol. The number of fused-ring (bicyclic) bond motifs is 5. The van der Waals surface area contributed by atoms with Crippen LogP contribution in [-0.2, 0) is 9.47 Å². The number of ether oxygens (including phenoxy) is 2. The average molecular weight is 410 g/mol. The van der Waals surface area contributed by atoms with E-state index in [1.165, 1.54) is 61.4 Å². The molecule has 1 aliphatic heterocycles. The zero-order chi connectivity index (χ0) is 20.1. The van der Waals surface area contributed by atoms with Crippen LogP contribution in [0.5, 0.6) is 0 Å². The summed E-state index contributed by atoms with van der Waals surface area (Å²) >= 11 is 6.32. The lowest BCUT2D eigenvalue weighted by molar-refractivity contribution is 0.0600. The van der Waals surface area contributed by atoms with Crippen LogP contribution in [0.2, 0.25) is 5.02 Å². The Labute approximate surface area is 175 Å². The Kier molecular flexibility index (Phi) is 4.64. The normalized spacial score (nSPS) is 18.7. The zero-order valence-electron chi connectivity index (χ0n) is 16.7. The molecule has 0 spiro atoms. The number of rotatable bonds is 3. The van der Waals surface area contributed by atoms with Crippen molar-refractivity contribution in [3.05, 3.63) is 58.1 Å². The first-order valence-electron chi connectivity index (χ1n) is 10.2. The van der Waals surface area contributed by atoms with Gasteiger partial charge in [-0.15, -0.1) is 0 Å². The molecule has 1 unspecified atom stereocenters. The predicted molar refractivity (Wildman–Crippen MR) is 115 cm³/mol. The first-order chi connectivity index (χ1) is 14.1. The fourth-order valence-corrected chi connectivity index (χ4v) is 5.41. The van der Waals surface area contributed by atoms with Gasteiger partial charge in [0.2, 0.25) is 0 Å². The van der Waals surface area contributed by atoms with Gasteiger partial charge in [0.15, 0.2) is 6.23 Å². The highest BCUT2D eigenvalue weighted by Crippen LogP contribution is 2.51. The standard InChI is InChI=1S/C24H24ClNO3/c1-28-23-19-13-16(25)9-11-17(19)22-21(14-6-4-3-5-7-14)18-10-8-15(24(27)29-2)12-20(18)26(22)23/h8-14,23H,3-7H2,1-2H3. The molecule has 0 radical (unpaired) electrons. The highest BCUT2D eigenvalue weighted by molar-refractivity contribution is 6.30. The number of hydrogen-bond donors (Lipinski definition) is 0. The second kappa shape index (κ2) is 7.19. The number of aromatic nitrogens is 1. The van der Waals surface area contributed by atoms with E-state index in [1.807, 2.05) is 24.3 Å². The molecular formula is C24H24ClNO3. The number of methoxy groups -OCH3 is 2. The summed E-state index contributed by atoms with van der Waals surface area (Å²) in [6.45, 7) is 0. The molecule has 150 valence electrons. The molecule has 2 aromatic carbocycles. The Balaban J connectivity index is 1.83. The predicted octanol–water partition coefficient (Wildman–Crippen LogP) is 6.30. The van der Waals surface area contributed by atoms with Crippen molar-refractivity contribution < 1.29 is 14.3 Å². The summed E-state index contributed by atoms with van der Waals surface area (Å²) < 4.78 is 13.1. The molecule has 0 amide bonds. The van der Waals surface area contributed by atoms with Crippen molar-refractivity contribution in [3.63, 3.8) is 0 Å². The maximum atomic E-state index is 12.2. The minimum absolute atomic E-state index is 0.258. The van der Waals surface area contributed by atoms with Crippen molar-refractivity contribution in [1.29, 1.82) is 0 Å². The monoisotopic (exact) mass is 409 g/mol. The lowest BCUT2D eigenvalue weighted by atomic mass is 9.81. The summed E-state index contributed by atoms with van der Waals surface area (Å²) in [6, 6.07) is 12.0. The number of benzene rings is 2. The largest absolute Gasteiger partial charge is 0.465 e. The van der Waals surface area contributed by atoms with Gasteiger partial charge >= 0.3 is 5.97 Å². The van der Waals surface area contributed by atoms with E-state index in [0.29, 0.717) is 16.5 Å². The van der Waals surface area contributed by atoms with Gasteiger partial charge in [-0.1, -0.05) is 43.0 Å². The average Bonchev–Trinajstić information content (AvgIpc) is 3.25. The lowest BCUT2D eigenvalue weighted by Crippen LogP contribution is -2.08. The van der Waals surface area contributed by atoms with Crippen LogP contribution >= 0.6 is 11.6 Å². The van der Waals surface area contributed by atoms with Crippen LogP contribution in [0.15, 0.2) is 36.4 Å². The van der Waals surface area contributed by atoms with Gasteiger partial charge in [-0.25, -0.2) is 4.79 Å². The zero-order valence-corrected chi connectivity index (χ0v) is 17.5. The van der Waals surface area contributed by atoms with Crippen LogP contribution < -0.4 is 0 Å². The van der Waals surface area contributed by atoms with Crippen LogP contribution in [-0.4, -0.2) is 24.8 Å². The van der Waals surface area contributed by atoms with Crippen molar-refractivity contribution in [3.8, 4) is 11.3 Å². The number of carbonyl (C=O) groups is 1. The third kappa shape index (κ3) is 2.81. The van der Waals surface area contributed by atoms with E-state index in [0.717, 1.165) is 11.1 Å². The fraction of sp³-hybridized carbons (Fsp3) is 0.375. The van der Waals surface area contributed by atoms with E-state index in [9.17, 15) is 4.79 Å². The first-order valence-corrected chi connectivity index (χ1v) is 10.6. The SMILES string of the molecule is COC(=O)c1ccc2c(C3CCCCC3)c3n(c2c1)C(OC)c1cc(Cl)ccc1-3. The minimum Gasteiger partial charge on any atom is -0.465 e. The summed E-state index contributed by atoms with van der Waals surface area (Å²) in [7, 11) is 3.14. The Bertz CT molecular complexity index is 1110. The highest BCUT2D eigenvalue weighted by Gasteiger charge is 2.36. The van der Waals surface area contributed by atoms with Gasteiger partial charge in [-0.2, -0.15) is 0 Å². The summed E-state index contributed by atoms with van der Waals surface area (Å²) in [4.78, 5) is 12.2. The smallest absolute Gasteiger partial charge is 0.337 e.